The van der Waals surface area contributed by atoms with E-state index in [2.05, 4.69) is 33.5 Å². The SMILES string of the molecule is Cc1c(C(=O)NC2CCCNC2C)oc2ccc(Br)cc12.Cl. The molecular weight excluding hydrogens is 368 g/mol. The van der Waals surface area contributed by atoms with Crippen molar-refractivity contribution in [2.75, 3.05) is 6.54 Å². The number of carbonyl (C=O) groups excluding carboxylic acids is 1. The Morgan fingerprint density at radius 2 is 2.23 bits per heavy atom. The normalized spacial score (nSPS) is 21.4. The smallest absolute Gasteiger partial charge is 0.287 e. The second-order valence-electron chi connectivity index (χ2n) is 5.66. The number of benzene rings is 1. The third kappa shape index (κ3) is 3.31. The van der Waals surface area contributed by atoms with E-state index in [1.165, 1.54) is 0 Å². The third-order valence-corrected chi connectivity index (χ3v) is 4.68. The van der Waals surface area contributed by atoms with Gasteiger partial charge in [-0.2, -0.15) is 0 Å². The van der Waals surface area contributed by atoms with Crippen molar-refractivity contribution in [3.8, 4) is 0 Å². The number of hydrogen-bond acceptors (Lipinski definition) is 3. The van der Waals surface area contributed by atoms with Crippen LogP contribution in [0.3, 0.4) is 0 Å². The van der Waals surface area contributed by atoms with Gasteiger partial charge in [0.1, 0.15) is 5.58 Å². The Morgan fingerprint density at radius 1 is 1.45 bits per heavy atom. The number of nitrogens with one attached hydrogen (secondary N) is 2. The van der Waals surface area contributed by atoms with Gasteiger partial charge in [-0.05, 0) is 51.4 Å². The fourth-order valence-corrected chi connectivity index (χ4v) is 3.25. The minimum atomic E-state index is -0.125. The third-order valence-electron chi connectivity index (χ3n) is 4.18. The van der Waals surface area contributed by atoms with Crippen LogP contribution in [-0.4, -0.2) is 24.5 Å². The summed E-state index contributed by atoms with van der Waals surface area (Å²) < 4.78 is 6.72. The summed E-state index contributed by atoms with van der Waals surface area (Å²) in [5, 5.41) is 7.46. The number of piperidine rings is 1. The maximum atomic E-state index is 12.5. The van der Waals surface area contributed by atoms with Crippen molar-refractivity contribution in [3.63, 3.8) is 0 Å². The highest BCUT2D eigenvalue weighted by Gasteiger charge is 2.25. The van der Waals surface area contributed by atoms with Crippen molar-refractivity contribution < 1.29 is 9.21 Å². The molecule has 0 spiro atoms. The van der Waals surface area contributed by atoms with E-state index in [1.54, 1.807) is 0 Å². The molecule has 2 heterocycles. The van der Waals surface area contributed by atoms with E-state index in [1.807, 2.05) is 25.1 Å². The quantitative estimate of drug-likeness (QED) is 0.824. The van der Waals surface area contributed by atoms with Gasteiger partial charge in [-0.15, -0.1) is 12.4 Å². The summed E-state index contributed by atoms with van der Waals surface area (Å²) in [5.74, 6) is 0.293. The van der Waals surface area contributed by atoms with Crippen LogP contribution < -0.4 is 10.6 Å². The molecule has 1 aliphatic heterocycles. The van der Waals surface area contributed by atoms with Gasteiger partial charge in [0.25, 0.3) is 5.91 Å². The fraction of sp³-hybridized carbons (Fsp3) is 0.438. The molecule has 0 aliphatic carbocycles. The van der Waals surface area contributed by atoms with Gasteiger partial charge in [-0.25, -0.2) is 0 Å². The molecule has 1 amide bonds. The Balaban J connectivity index is 0.00000176. The molecule has 1 aliphatic rings. The molecule has 1 aromatic carbocycles. The molecule has 2 aromatic rings. The van der Waals surface area contributed by atoms with Crippen molar-refractivity contribution in [1.29, 1.82) is 0 Å². The predicted molar refractivity (Wildman–Crippen MR) is 93.9 cm³/mol. The minimum Gasteiger partial charge on any atom is -0.451 e. The Labute approximate surface area is 144 Å². The molecule has 4 nitrogen and oxygen atoms in total. The Hall–Kier alpha value is -1.04. The van der Waals surface area contributed by atoms with Crippen LogP contribution in [0.4, 0.5) is 0 Å². The van der Waals surface area contributed by atoms with Gasteiger partial charge >= 0.3 is 0 Å². The zero-order valence-electron chi connectivity index (χ0n) is 12.6. The van der Waals surface area contributed by atoms with Gasteiger partial charge in [0.15, 0.2) is 5.76 Å². The van der Waals surface area contributed by atoms with E-state index in [9.17, 15) is 4.79 Å². The first-order valence-corrected chi connectivity index (χ1v) is 8.08. The number of fused-ring (bicyclic) bond motifs is 1. The number of aryl methyl sites for hydroxylation is 1. The number of rotatable bonds is 2. The Bertz CT molecular complexity index is 686. The van der Waals surface area contributed by atoms with Gasteiger partial charge in [-0.1, -0.05) is 15.9 Å². The lowest BCUT2D eigenvalue weighted by Crippen LogP contribution is -2.51. The van der Waals surface area contributed by atoms with Crippen molar-refractivity contribution in [2.24, 2.45) is 0 Å². The topological polar surface area (TPSA) is 54.3 Å². The predicted octanol–water partition coefficient (Wildman–Crippen LogP) is 3.80. The van der Waals surface area contributed by atoms with Gasteiger partial charge < -0.3 is 15.1 Å². The monoisotopic (exact) mass is 386 g/mol. The van der Waals surface area contributed by atoms with Crippen LogP contribution >= 0.6 is 28.3 Å². The Morgan fingerprint density at radius 3 is 2.95 bits per heavy atom. The minimum absolute atomic E-state index is 0. The lowest BCUT2D eigenvalue weighted by Gasteiger charge is -2.30. The molecule has 3 rings (SSSR count). The number of hydrogen-bond donors (Lipinski definition) is 2. The van der Waals surface area contributed by atoms with Crippen LogP contribution in [-0.2, 0) is 0 Å². The highest BCUT2D eigenvalue weighted by molar-refractivity contribution is 9.10. The number of carbonyl (C=O) groups is 1. The summed E-state index contributed by atoms with van der Waals surface area (Å²) in [7, 11) is 0. The van der Waals surface area contributed by atoms with E-state index in [4.69, 9.17) is 4.42 Å². The fourth-order valence-electron chi connectivity index (χ4n) is 2.88. The molecule has 1 fully saturated rings. The summed E-state index contributed by atoms with van der Waals surface area (Å²) in [6.07, 6.45) is 2.09. The van der Waals surface area contributed by atoms with Gasteiger partial charge in [0.05, 0.1) is 0 Å². The zero-order valence-corrected chi connectivity index (χ0v) is 15.0. The molecule has 1 aromatic heterocycles. The summed E-state index contributed by atoms with van der Waals surface area (Å²) >= 11 is 3.45. The van der Waals surface area contributed by atoms with Gasteiger partial charge in [0, 0.05) is 27.5 Å². The van der Waals surface area contributed by atoms with Crippen LogP contribution in [0, 0.1) is 6.92 Å². The highest BCUT2D eigenvalue weighted by Crippen LogP contribution is 2.28. The van der Waals surface area contributed by atoms with Crippen LogP contribution in [0.15, 0.2) is 27.1 Å². The number of furan rings is 1. The average molecular weight is 388 g/mol. The summed E-state index contributed by atoms with van der Waals surface area (Å²) in [5.41, 5.74) is 1.64. The van der Waals surface area contributed by atoms with Crippen LogP contribution in [0.5, 0.6) is 0 Å². The first-order chi connectivity index (χ1) is 10.1. The van der Waals surface area contributed by atoms with Crippen molar-refractivity contribution in [3.05, 3.63) is 34.0 Å². The molecule has 6 heteroatoms. The van der Waals surface area contributed by atoms with E-state index in [-0.39, 0.29) is 24.4 Å². The highest BCUT2D eigenvalue weighted by atomic mass is 79.9. The maximum Gasteiger partial charge on any atom is 0.287 e. The van der Waals surface area contributed by atoms with Gasteiger partial charge in [-0.3, -0.25) is 4.79 Å². The lowest BCUT2D eigenvalue weighted by atomic mass is 9.99. The van der Waals surface area contributed by atoms with E-state index in [0.29, 0.717) is 11.8 Å². The number of halogens is 2. The van der Waals surface area contributed by atoms with E-state index < -0.39 is 0 Å². The lowest BCUT2D eigenvalue weighted by molar-refractivity contribution is 0.0893. The maximum absolute atomic E-state index is 12.5. The summed E-state index contributed by atoms with van der Waals surface area (Å²) in [6, 6.07) is 6.23. The second kappa shape index (κ2) is 7.02. The first-order valence-electron chi connectivity index (χ1n) is 7.29. The van der Waals surface area contributed by atoms with E-state index in [0.717, 1.165) is 40.4 Å². The number of amides is 1. The largest absolute Gasteiger partial charge is 0.451 e. The summed E-state index contributed by atoms with van der Waals surface area (Å²) in [4.78, 5) is 12.5. The molecule has 0 saturated carbocycles. The van der Waals surface area contributed by atoms with Gasteiger partial charge in [0.2, 0.25) is 0 Å². The van der Waals surface area contributed by atoms with E-state index >= 15 is 0 Å². The average Bonchev–Trinajstić information content (AvgIpc) is 2.79. The molecule has 2 atom stereocenters. The first kappa shape index (κ1) is 17.3. The molecular formula is C16H20BrClN2O2. The van der Waals surface area contributed by atoms with Crippen LogP contribution in [0.2, 0.25) is 0 Å². The van der Waals surface area contributed by atoms with Crippen LogP contribution in [0.1, 0.15) is 35.9 Å². The molecule has 2 N–H and O–H groups in total. The van der Waals surface area contributed by atoms with Crippen molar-refractivity contribution >= 4 is 45.2 Å². The second-order valence-corrected chi connectivity index (χ2v) is 6.58. The van der Waals surface area contributed by atoms with Crippen LogP contribution in [0.25, 0.3) is 11.0 Å². The zero-order chi connectivity index (χ0) is 15.0. The van der Waals surface area contributed by atoms with Crippen molar-refractivity contribution in [2.45, 2.75) is 38.8 Å². The molecule has 1 saturated heterocycles. The molecule has 0 radical (unpaired) electrons. The molecule has 0 bridgehead atoms. The summed E-state index contributed by atoms with van der Waals surface area (Å²) in [6.45, 7) is 5.05. The molecule has 2 unspecified atom stereocenters. The standard InChI is InChI=1S/C16H19BrN2O2.ClH/c1-9-12-8-11(17)5-6-14(12)21-15(9)16(20)19-13-4-3-7-18-10(13)2;/h5-6,8,10,13,18H,3-4,7H2,1-2H3,(H,19,20);1H. The van der Waals surface area contributed by atoms with Crippen molar-refractivity contribution in [1.82, 2.24) is 10.6 Å². The molecule has 120 valence electrons. The molecule has 22 heavy (non-hydrogen) atoms. The Kier molecular flexibility index (Phi) is 5.53.